The fourth-order valence-electron chi connectivity index (χ4n) is 1.29. The van der Waals surface area contributed by atoms with Crippen LogP contribution in [0, 0.1) is 0 Å². The van der Waals surface area contributed by atoms with Crippen LogP contribution in [-0.2, 0) is 14.6 Å². The van der Waals surface area contributed by atoms with Crippen LogP contribution in [0.3, 0.4) is 0 Å². The summed E-state index contributed by atoms with van der Waals surface area (Å²) in [5.74, 6) is -0.728. The molecule has 0 saturated heterocycles. The molecule has 16 heavy (non-hydrogen) atoms. The minimum atomic E-state index is -3.15. The van der Waals surface area contributed by atoms with E-state index in [2.05, 4.69) is 0 Å². The average molecular weight is 262 g/mol. The van der Waals surface area contributed by atoms with Crippen LogP contribution in [0.5, 0.6) is 0 Å². The molecule has 0 aliphatic carbocycles. The highest BCUT2D eigenvalue weighted by molar-refractivity contribution is 7.93. The molecule has 0 aliphatic heterocycles. The van der Waals surface area contributed by atoms with E-state index in [4.69, 9.17) is 5.11 Å². The third kappa shape index (κ3) is 4.32. The van der Waals surface area contributed by atoms with E-state index >= 15 is 0 Å². The molecular weight excluding hydrogens is 248 g/mol. The van der Waals surface area contributed by atoms with Crippen LogP contribution in [-0.4, -0.2) is 25.2 Å². The second kappa shape index (κ2) is 6.00. The monoisotopic (exact) mass is 262 g/mol. The molecule has 0 atom stereocenters. The SMILES string of the molecule is O=C(O)CCCCCS(=O)(=O)c1cccs1. The predicted molar refractivity (Wildman–Crippen MR) is 62.5 cm³/mol. The molecule has 0 fully saturated rings. The molecule has 1 heterocycles. The van der Waals surface area contributed by atoms with Crippen molar-refractivity contribution in [1.82, 2.24) is 0 Å². The van der Waals surface area contributed by atoms with Crippen molar-refractivity contribution in [3.05, 3.63) is 17.5 Å². The van der Waals surface area contributed by atoms with E-state index < -0.39 is 15.8 Å². The van der Waals surface area contributed by atoms with Gasteiger partial charge in [0, 0.05) is 6.42 Å². The Morgan fingerprint density at radius 2 is 2.06 bits per heavy atom. The molecule has 0 aromatic carbocycles. The molecule has 90 valence electrons. The molecule has 0 saturated carbocycles. The zero-order valence-corrected chi connectivity index (χ0v) is 10.4. The lowest BCUT2D eigenvalue weighted by Gasteiger charge is -2.00. The number of sulfone groups is 1. The van der Waals surface area contributed by atoms with Crippen molar-refractivity contribution >= 4 is 27.1 Å². The first-order valence-electron chi connectivity index (χ1n) is 5.00. The van der Waals surface area contributed by atoms with Crippen molar-refractivity contribution in [2.45, 2.75) is 29.9 Å². The third-order valence-electron chi connectivity index (χ3n) is 2.11. The van der Waals surface area contributed by atoms with Crippen LogP contribution in [0.15, 0.2) is 21.7 Å². The zero-order valence-electron chi connectivity index (χ0n) is 8.76. The Balaban J connectivity index is 2.30. The molecule has 6 heteroatoms. The smallest absolute Gasteiger partial charge is 0.303 e. The third-order valence-corrected chi connectivity index (χ3v) is 5.39. The first-order valence-corrected chi connectivity index (χ1v) is 7.53. The van der Waals surface area contributed by atoms with Gasteiger partial charge in [-0.1, -0.05) is 12.5 Å². The highest BCUT2D eigenvalue weighted by Gasteiger charge is 2.14. The van der Waals surface area contributed by atoms with E-state index in [0.29, 0.717) is 23.5 Å². The number of hydrogen-bond acceptors (Lipinski definition) is 4. The Morgan fingerprint density at radius 3 is 2.62 bits per heavy atom. The van der Waals surface area contributed by atoms with E-state index in [9.17, 15) is 13.2 Å². The molecule has 0 unspecified atom stereocenters. The van der Waals surface area contributed by atoms with E-state index in [-0.39, 0.29) is 12.2 Å². The summed E-state index contributed by atoms with van der Waals surface area (Å²) in [7, 11) is -3.15. The number of carbonyl (C=O) groups is 1. The molecule has 1 aromatic rings. The van der Waals surface area contributed by atoms with Crippen molar-refractivity contribution in [2.24, 2.45) is 0 Å². The summed E-state index contributed by atoms with van der Waals surface area (Å²) in [6.45, 7) is 0. The number of thiophene rings is 1. The van der Waals surface area contributed by atoms with E-state index in [1.54, 1.807) is 17.5 Å². The zero-order chi connectivity index (χ0) is 12.0. The summed E-state index contributed by atoms with van der Waals surface area (Å²) < 4.78 is 23.8. The number of unbranched alkanes of at least 4 members (excludes halogenated alkanes) is 2. The van der Waals surface area contributed by atoms with Crippen molar-refractivity contribution in [3.8, 4) is 0 Å². The fraction of sp³-hybridized carbons (Fsp3) is 0.500. The first-order chi connectivity index (χ1) is 7.52. The van der Waals surface area contributed by atoms with Gasteiger partial charge in [-0.15, -0.1) is 11.3 Å². The molecule has 0 amide bonds. The Labute approximate surface area is 98.8 Å². The summed E-state index contributed by atoms with van der Waals surface area (Å²) in [6.07, 6.45) is 1.80. The molecule has 0 bridgehead atoms. The van der Waals surface area contributed by atoms with Gasteiger partial charge in [-0.2, -0.15) is 0 Å². The van der Waals surface area contributed by atoms with Crippen LogP contribution < -0.4 is 0 Å². The largest absolute Gasteiger partial charge is 0.481 e. The van der Waals surface area contributed by atoms with E-state index in [0.717, 1.165) is 0 Å². The number of aliphatic carboxylic acids is 1. The molecule has 1 aromatic heterocycles. The lowest BCUT2D eigenvalue weighted by Crippen LogP contribution is -2.05. The standard InChI is InChI=1S/C10H14O4S2/c11-9(12)5-2-1-3-8-16(13,14)10-6-4-7-15-10/h4,6-7H,1-3,5,8H2,(H,11,12). The van der Waals surface area contributed by atoms with Crippen LogP contribution in [0.1, 0.15) is 25.7 Å². The lowest BCUT2D eigenvalue weighted by atomic mass is 10.2. The maximum absolute atomic E-state index is 11.7. The van der Waals surface area contributed by atoms with Gasteiger partial charge in [0.15, 0.2) is 9.84 Å². The Kier molecular flexibility index (Phi) is 4.95. The maximum atomic E-state index is 11.7. The van der Waals surface area contributed by atoms with Gasteiger partial charge in [0.25, 0.3) is 0 Å². The number of carboxylic acids is 1. The highest BCUT2D eigenvalue weighted by atomic mass is 32.2. The molecule has 1 N–H and O–H groups in total. The molecule has 0 aliphatic rings. The van der Waals surface area contributed by atoms with Crippen LogP contribution in [0.2, 0.25) is 0 Å². The van der Waals surface area contributed by atoms with Gasteiger partial charge in [0.2, 0.25) is 0 Å². The second-order valence-electron chi connectivity index (χ2n) is 3.46. The van der Waals surface area contributed by atoms with Crippen LogP contribution in [0.4, 0.5) is 0 Å². The molecule has 4 nitrogen and oxygen atoms in total. The van der Waals surface area contributed by atoms with Gasteiger partial charge < -0.3 is 5.11 Å². The highest BCUT2D eigenvalue weighted by Crippen LogP contribution is 2.18. The number of rotatable bonds is 7. The predicted octanol–water partition coefficient (Wildman–Crippen LogP) is 2.17. The van der Waals surface area contributed by atoms with Crippen LogP contribution >= 0.6 is 11.3 Å². The van der Waals surface area contributed by atoms with Gasteiger partial charge in [-0.3, -0.25) is 4.79 Å². The quantitative estimate of drug-likeness (QED) is 0.764. The second-order valence-corrected chi connectivity index (χ2v) is 6.74. The van der Waals surface area contributed by atoms with Crippen LogP contribution in [0.25, 0.3) is 0 Å². The van der Waals surface area contributed by atoms with Gasteiger partial charge in [-0.25, -0.2) is 8.42 Å². The normalized spacial score (nSPS) is 11.5. The Bertz CT molecular complexity index is 420. The molecule has 0 radical (unpaired) electrons. The summed E-state index contributed by atoms with van der Waals surface area (Å²) in [5, 5.41) is 10.1. The van der Waals surface area contributed by atoms with Gasteiger partial charge >= 0.3 is 5.97 Å². The van der Waals surface area contributed by atoms with Gasteiger partial charge in [-0.05, 0) is 24.3 Å². The fourth-order valence-corrected chi connectivity index (χ4v) is 3.81. The van der Waals surface area contributed by atoms with Crippen molar-refractivity contribution in [1.29, 1.82) is 0 Å². The van der Waals surface area contributed by atoms with Crippen molar-refractivity contribution < 1.29 is 18.3 Å². The Morgan fingerprint density at radius 1 is 1.31 bits per heavy atom. The summed E-state index contributed by atoms with van der Waals surface area (Å²) in [4.78, 5) is 10.2. The average Bonchev–Trinajstić information content (AvgIpc) is 2.69. The van der Waals surface area contributed by atoms with Crippen molar-refractivity contribution in [2.75, 3.05) is 5.75 Å². The number of hydrogen-bond donors (Lipinski definition) is 1. The Hall–Kier alpha value is -0.880. The maximum Gasteiger partial charge on any atom is 0.303 e. The van der Waals surface area contributed by atoms with Gasteiger partial charge in [0.1, 0.15) is 4.21 Å². The van der Waals surface area contributed by atoms with E-state index in [1.165, 1.54) is 11.3 Å². The topological polar surface area (TPSA) is 71.4 Å². The minimum absolute atomic E-state index is 0.104. The summed E-state index contributed by atoms with van der Waals surface area (Å²) in [6, 6.07) is 3.30. The molecule has 1 rings (SSSR count). The van der Waals surface area contributed by atoms with E-state index in [1.807, 2.05) is 0 Å². The minimum Gasteiger partial charge on any atom is -0.481 e. The van der Waals surface area contributed by atoms with Gasteiger partial charge in [0.05, 0.1) is 5.75 Å². The van der Waals surface area contributed by atoms with Crippen molar-refractivity contribution in [3.63, 3.8) is 0 Å². The molecular formula is C10H14O4S2. The molecule has 0 spiro atoms. The first kappa shape index (κ1) is 13.2. The summed E-state index contributed by atoms with van der Waals surface area (Å²) >= 11 is 1.22. The lowest BCUT2D eigenvalue weighted by molar-refractivity contribution is -0.137. The summed E-state index contributed by atoms with van der Waals surface area (Å²) in [5.41, 5.74) is 0. The number of carboxylic acid groups (broad SMARTS) is 1.